The average molecular weight is 404 g/mol. The number of rotatable bonds is 5. The van der Waals surface area contributed by atoms with Crippen LogP contribution in [0.15, 0.2) is 23.3 Å². The van der Waals surface area contributed by atoms with E-state index >= 15 is 0 Å². The number of hydrogen-bond donors (Lipinski definition) is 0. The summed E-state index contributed by atoms with van der Waals surface area (Å²) >= 11 is 0. The smallest absolute Gasteiger partial charge is 0.162 e. The van der Waals surface area contributed by atoms with Gasteiger partial charge < -0.3 is 14.4 Å². The van der Waals surface area contributed by atoms with Gasteiger partial charge in [0.2, 0.25) is 0 Å². The quantitative estimate of drug-likeness (QED) is 0.758. The van der Waals surface area contributed by atoms with Crippen LogP contribution in [-0.2, 0) is 0 Å². The lowest BCUT2D eigenvalue weighted by atomic mass is 9.95. The Morgan fingerprint density at radius 2 is 1.82 bits per heavy atom. The summed E-state index contributed by atoms with van der Waals surface area (Å²) in [6, 6.07) is 6.30. The predicted molar refractivity (Wildman–Crippen MR) is 112 cm³/mol. The summed E-state index contributed by atoms with van der Waals surface area (Å²) in [4.78, 5) is 7.07. The number of aromatic nitrogens is 2. The van der Waals surface area contributed by atoms with E-state index in [2.05, 4.69) is 48.9 Å². The molecule has 1 aromatic carbocycles. The van der Waals surface area contributed by atoms with Crippen LogP contribution in [0.4, 0.5) is 0 Å². The first-order valence-electron chi connectivity index (χ1n) is 8.94. The number of halogens is 1. The molecule has 0 N–H and O–H groups in total. The van der Waals surface area contributed by atoms with Crippen LogP contribution in [0.2, 0.25) is 0 Å². The normalized spacial score (nSPS) is 16.4. The molecule has 1 aliphatic heterocycles. The maximum Gasteiger partial charge on any atom is 0.162 e. The maximum atomic E-state index is 10.0. The van der Waals surface area contributed by atoms with Crippen molar-refractivity contribution < 1.29 is 9.47 Å². The third kappa shape index (κ3) is 3.83. The van der Waals surface area contributed by atoms with E-state index in [1.54, 1.807) is 26.5 Å². The van der Waals surface area contributed by atoms with Gasteiger partial charge in [-0.3, -0.25) is 4.99 Å². The van der Waals surface area contributed by atoms with Crippen molar-refractivity contribution in [2.24, 2.45) is 4.99 Å². The number of hydrogen-bond acceptors (Lipinski definition) is 7. The zero-order chi connectivity index (χ0) is 19.8. The summed E-state index contributed by atoms with van der Waals surface area (Å²) in [7, 11) is 3.17. The SMILES string of the molecule is COc1cc2nncc(C(C#N)C3=NC(C)(C)CN3C(C)C)c2cc1OC.Cl. The third-order valence-electron chi connectivity index (χ3n) is 4.77. The zero-order valence-corrected chi connectivity index (χ0v) is 17.9. The lowest BCUT2D eigenvalue weighted by Gasteiger charge is -2.28. The molecule has 0 radical (unpaired) electrons. The Balaban J connectivity index is 0.00000280. The van der Waals surface area contributed by atoms with E-state index in [0.717, 1.165) is 23.3 Å². The fraction of sp³-hybridized carbons (Fsp3) is 0.500. The highest BCUT2D eigenvalue weighted by Crippen LogP contribution is 2.36. The minimum absolute atomic E-state index is 0. The van der Waals surface area contributed by atoms with Crippen LogP contribution in [0.25, 0.3) is 10.9 Å². The van der Waals surface area contributed by atoms with Gasteiger partial charge in [0.15, 0.2) is 11.5 Å². The maximum absolute atomic E-state index is 10.0. The Morgan fingerprint density at radius 3 is 2.39 bits per heavy atom. The number of aliphatic imine (C=N–C) groups is 1. The molecular formula is C20H26ClN5O2. The molecule has 2 aromatic rings. The lowest BCUT2D eigenvalue weighted by Crippen LogP contribution is -2.39. The first-order valence-corrected chi connectivity index (χ1v) is 8.94. The summed E-state index contributed by atoms with van der Waals surface area (Å²) in [5.41, 5.74) is 1.19. The van der Waals surface area contributed by atoms with E-state index in [1.165, 1.54) is 0 Å². The molecule has 1 unspecified atom stereocenters. The molecule has 8 heteroatoms. The summed E-state index contributed by atoms with van der Waals surface area (Å²) in [6.07, 6.45) is 1.65. The second kappa shape index (κ2) is 8.19. The van der Waals surface area contributed by atoms with Gasteiger partial charge in [-0.05, 0) is 33.8 Å². The van der Waals surface area contributed by atoms with Gasteiger partial charge >= 0.3 is 0 Å². The van der Waals surface area contributed by atoms with Crippen LogP contribution in [0, 0.1) is 11.3 Å². The Bertz CT molecular complexity index is 936. The summed E-state index contributed by atoms with van der Waals surface area (Å²) in [5.74, 6) is 1.41. The molecule has 1 aromatic heterocycles. The molecule has 0 spiro atoms. The van der Waals surface area contributed by atoms with Crippen LogP contribution >= 0.6 is 12.4 Å². The van der Waals surface area contributed by atoms with E-state index in [-0.39, 0.29) is 24.0 Å². The topological polar surface area (TPSA) is 83.6 Å². The van der Waals surface area contributed by atoms with Crippen LogP contribution in [0.3, 0.4) is 0 Å². The first-order chi connectivity index (χ1) is 12.8. The summed E-state index contributed by atoms with van der Waals surface area (Å²) < 4.78 is 10.8. The van der Waals surface area contributed by atoms with E-state index in [9.17, 15) is 5.26 Å². The standard InChI is InChI=1S/C20H25N5O2.ClH/c1-12(2)25-11-20(3,4)23-19(25)14(9-21)15-10-22-24-16-8-18(27-6)17(26-5)7-13(15)16;/h7-8,10,12,14H,11H2,1-6H3;1H. The monoisotopic (exact) mass is 403 g/mol. The van der Waals surface area contributed by atoms with Crippen molar-refractivity contribution in [1.29, 1.82) is 5.26 Å². The van der Waals surface area contributed by atoms with E-state index < -0.39 is 5.92 Å². The predicted octanol–water partition coefficient (Wildman–Crippen LogP) is 3.58. The molecule has 0 aliphatic carbocycles. The molecular weight excluding hydrogens is 378 g/mol. The Morgan fingerprint density at radius 1 is 1.18 bits per heavy atom. The Kier molecular flexibility index (Phi) is 6.35. The molecule has 7 nitrogen and oxygen atoms in total. The second-order valence-electron chi connectivity index (χ2n) is 7.59. The molecule has 1 atom stereocenters. The van der Waals surface area contributed by atoms with Gasteiger partial charge in [0.1, 0.15) is 11.8 Å². The number of nitriles is 1. The number of amidine groups is 1. The van der Waals surface area contributed by atoms with Crippen molar-refractivity contribution in [1.82, 2.24) is 15.1 Å². The first kappa shape index (κ1) is 21.7. The van der Waals surface area contributed by atoms with Crippen molar-refractivity contribution in [3.05, 3.63) is 23.9 Å². The average Bonchev–Trinajstić information content (AvgIpc) is 2.97. The van der Waals surface area contributed by atoms with Gasteiger partial charge in [0, 0.05) is 29.6 Å². The molecule has 0 amide bonds. The van der Waals surface area contributed by atoms with E-state index in [1.807, 2.05) is 6.07 Å². The Labute approximate surface area is 171 Å². The largest absolute Gasteiger partial charge is 0.493 e. The van der Waals surface area contributed by atoms with Gasteiger partial charge in [-0.2, -0.15) is 15.5 Å². The van der Waals surface area contributed by atoms with Gasteiger partial charge in [-0.15, -0.1) is 12.4 Å². The number of fused-ring (bicyclic) bond motifs is 1. The molecule has 0 saturated heterocycles. The van der Waals surface area contributed by atoms with Crippen molar-refractivity contribution in [2.45, 2.75) is 45.2 Å². The highest BCUT2D eigenvalue weighted by molar-refractivity contribution is 5.98. The van der Waals surface area contributed by atoms with Crippen molar-refractivity contribution in [3.63, 3.8) is 0 Å². The highest BCUT2D eigenvalue weighted by atomic mass is 35.5. The minimum atomic E-state index is -0.537. The lowest BCUT2D eigenvalue weighted by molar-refractivity contribution is 0.320. The molecule has 0 saturated carbocycles. The second-order valence-corrected chi connectivity index (χ2v) is 7.59. The van der Waals surface area contributed by atoms with Gasteiger partial charge in [-0.25, -0.2) is 0 Å². The minimum Gasteiger partial charge on any atom is -0.493 e. The molecule has 3 rings (SSSR count). The van der Waals surface area contributed by atoms with Crippen LogP contribution in [0.5, 0.6) is 11.5 Å². The molecule has 0 fully saturated rings. The van der Waals surface area contributed by atoms with E-state index in [4.69, 9.17) is 14.5 Å². The van der Waals surface area contributed by atoms with Gasteiger partial charge in [0.25, 0.3) is 0 Å². The van der Waals surface area contributed by atoms with Gasteiger partial charge in [0.05, 0.1) is 37.5 Å². The van der Waals surface area contributed by atoms with Crippen LogP contribution < -0.4 is 9.47 Å². The molecule has 28 heavy (non-hydrogen) atoms. The molecule has 2 heterocycles. The van der Waals surface area contributed by atoms with Crippen molar-refractivity contribution in [3.8, 4) is 17.6 Å². The Hall–Kier alpha value is -2.59. The molecule has 150 valence electrons. The number of nitrogens with zero attached hydrogens (tertiary/aromatic N) is 5. The van der Waals surface area contributed by atoms with Crippen LogP contribution in [0.1, 0.15) is 39.2 Å². The number of benzene rings is 1. The molecule has 1 aliphatic rings. The highest BCUT2D eigenvalue weighted by Gasteiger charge is 2.37. The van der Waals surface area contributed by atoms with Crippen molar-refractivity contribution >= 4 is 29.1 Å². The zero-order valence-electron chi connectivity index (χ0n) is 17.1. The van der Waals surface area contributed by atoms with E-state index in [0.29, 0.717) is 17.0 Å². The van der Waals surface area contributed by atoms with Gasteiger partial charge in [-0.1, -0.05) is 0 Å². The summed E-state index contributed by atoms with van der Waals surface area (Å²) in [6.45, 7) is 9.18. The third-order valence-corrected chi connectivity index (χ3v) is 4.77. The number of ether oxygens (including phenoxy) is 2. The number of methoxy groups -OCH3 is 2. The fourth-order valence-corrected chi connectivity index (χ4v) is 3.49. The van der Waals surface area contributed by atoms with Crippen molar-refractivity contribution in [2.75, 3.05) is 20.8 Å². The van der Waals surface area contributed by atoms with Crippen LogP contribution in [-0.4, -0.2) is 53.3 Å². The molecule has 0 bridgehead atoms. The summed E-state index contributed by atoms with van der Waals surface area (Å²) in [5, 5.41) is 19.2. The fourth-order valence-electron chi connectivity index (χ4n) is 3.49.